The predicted octanol–water partition coefficient (Wildman–Crippen LogP) is 5.19. The van der Waals surface area contributed by atoms with Gasteiger partial charge in [-0.3, -0.25) is 0 Å². The van der Waals surface area contributed by atoms with Gasteiger partial charge in [0.2, 0.25) is 0 Å². The first kappa shape index (κ1) is 15.6. The summed E-state index contributed by atoms with van der Waals surface area (Å²) < 4.78 is 0. The van der Waals surface area contributed by atoms with E-state index in [0.717, 1.165) is 57.5 Å². The van der Waals surface area contributed by atoms with Gasteiger partial charge in [0.05, 0.1) is 0 Å². The number of thiol groups is 2. The quantitative estimate of drug-likeness (QED) is 0.626. The molecule has 0 heterocycles. The van der Waals surface area contributed by atoms with E-state index in [4.69, 9.17) is 0 Å². The second-order valence-corrected chi connectivity index (χ2v) is 10.6. The minimum Gasteiger partial charge on any atom is -0.179 e. The highest BCUT2D eigenvalue weighted by atomic mass is 32.2. The maximum absolute atomic E-state index is 4.49. The van der Waals surface area contributed by atoms with E-state index in [2.05, 4.69) is 37.0 Å². The number of fused-ring (bicyclic) bond motifs is 4. The molecule has 0 spiro atoms. The summed E-state index contributed by atoms with van der Waals surface area (Å²) in [5, 5.41) is 2.04. The first-order valence-electron chi connectivity index (χ1n) is 9.15. The van der Waals surface area contributed by atoms with E-state index in [1.54, 1.807) is 25.7 Å². The molecule has 0 nitrogen and oxygen atoms in total. The molecule has 4 aliphatic carbocycles. The van der Waals surface area contributed by atoms with Crippen LogP contribution in [0.1, 0.15) is 51.4 Å². The monoisotopic (exact) mass is 342 g/mol. The molecule has 3 heteroatoms. The van der Waals surface area contributed by atoms with Crippen molar-refractivity contribution in [2.24, 2.45) is 35.5 Å². The molecule has 4 rings (SSSR count). The minimum atomic E-state index is 1.02. The van der Waals surface area contributed by atoms with Gasteiger partial charge in [0.25, 0.3) is 0 Å². The van der Waals surface area contributed by atoms with E-state index < -0.39 is 0 Å². The van der Waals surface area contributed by atoms with Crippen molar-refractivity contribution in [3.63, 3.8) is 0 Å². The van der Waals surface area contributed by atoms with Crippen molar-refractivity contribution in [3.05, 3.63) is 0 Å². The van der Waals surface area contributed by atoms with E-state index in [1.807, 2.05) is 0 Å². The highest BCUT2D eigenvalue weighted by Crippen LogP contribution is 2.59. The molecule has 0 aromatic carbocycles. The smallest absolute Gasteiger partial charge is 0.00835 e. The van der Waals surface area contributed by atoms with Crippen molar-refractivity contribution in [3.8, 4) is 0 Å². The minimum absolute atomic E-state index is 1.02. The zero-order chi connectivity index (χ0) is 14.4. The van der Waals surface area contributed by atoms with Crippen molar-refractivity contribution in [2.75, 3.05) is 11.5 Å². The molecule has 8 unspecified atom stereocenters. The zero-order valence-corrected chi connectivity index (χ0v) is 15.6. The molecule has 120 valence electrons. The molecule has 4 aliphatic rings. The molecule has 8 atom stereocenters. The van der Waals surface area contributed by atoms with Gasteiger partial charge in [0.1, 0.15) is 0 Å². The largest absolute Gasteiger partial charge is 0.179 e. The molecule has 21 heavy (non-hydrogen) atoms. The van der Waals surface area contributed by atoms with Crippen LogP contribution in [-0.2, 0) is 0 Å². The maximum Gasteiger partial charge on any atom is 0.00835 e. The van der Waals surface area contributed by atoms with E-state index in [9.17, 15) is 0 Å². The SMILES string of the molecule is SCCC1CC2CC1CC2SC1CC2CC(CCS)C1C2. The van der Waals surface area contributed by atoms with Crippen LogP contribution in [0.3, 0.4) is 0 Å². The molecule has 0 amide bonds. The van der Waals surface area contributed by atoms with Crippen LogP contribution < -0.4 is 0 Å². The van der Waals surface area contributed by atoms with Gasteiger partial charge in [-0.05, 0) is 98.4 Å². The number of hydrogen-bond acceptors (Lipinski definition) is 3. The highest BCUT2D eigenvalue weighted by molar-refractivity contribution is 8.00. The highest BCUT2D eigenvalue weighted by Gasteiger charge is 2.50. The van der Waals surface area contributed by atoms with Gasteiger partial charge in [0.15, 0.2) is 0 Å². The Hall–Kier alpha value is 1.05. The normalized spacial score (nSPS) is 51.1. The molecular weight excluding hydrogens is 312 g/mol. The fourth-order valence-corrected chi connectivity index (χ4v) is 9.17. The van der Waals surface area contributed by atoms with Gasteiger partial charge in [-0.25, -0.2) is 0 Å². The van der Waals surface area contributed by atoms with Crippen LogP contribution in [0.2, 0.25) is 0 Å². The Balaban J connectivity index is 1.32. The summed E-state index contributed by atoms with van der Waals surface area (Å²) in [6, 6.07) is 0. The third-order valence-corrected chi connectivity index (χ3v) is 9.51. The summed E-state index contributed by atoms with van der Waals surface area (Å²) in [4.78, 5) is 0. The first-order chi connectivity index (χ1) is 10.3. The van der Waals surface area contributed by atoms with Gasteiger partial charge < -0.3 is 0 Å². The molecule has 0 aliphatic heterocycles. The van der Waals surface area contributed by atoms with Crippen LogP contribution in [0.25, 0.3) is 0 Å². The lowest BCUT2D eigenvalue weighted by molar-refractivity contribution is 0.322. The van der Waals surface area contributed by atoms with Gasteiger partial charge in [-0.1, -0.05) is 0 Å². The van der Waals surface area contributed by atoms with E-state index in [1.165, 1.54) is 25.7 Å². The Morgan fingerprint density at radius 3 is 2.19 bits per heavy atom. The van der Waals surface area contributed by atoms with Crippen molar-refractivity contribution < 1.29 is 0 Å². The fourth-order valence-electron chi connectivity index (χ4n) is 6.33. The number of rotatable bonds is 6. The lowest BCUT2D eigenvalue weighted by Gasteiger charge is -2.34. The molecule has 0 saturated heterocycles. The standard InChI is InChI=1S/C18H30S3/c19-3-1-12-8-15-9-14(12)10-17(15)21-18-7-11-5-13(2-4-20)16(18)6-11/h11-20H,1-10H2. The van der Waals surface area contributed by atoms with Crippen molar-refractivity contribution in [1.82, 2.24) is 0 Å². The third-order valence-electron chi connectivity index (χ3n) is 7.18. The summed E-state index contributed by atoms with van der Waals surface area (Å²) in [5.41, 5.74) is 0. The lowest BCUT2D eigenvalue weighted by Crippen LogP contribution is -2.28. The van der Waals surface area contributed by atoms with Crippen LogP contribution in [-0.4, -0.2) is 22.0 Å². The first-order valence-corrected chi connectivity index (χ1v) is 11.4. The second-order valence-electron chi connectivity index (χ2n) is 8.22. The Bertz CT molecular complexity index is 371. The molecular formula is C18H30S3. The van der Waals surface area contributed by atoms with Crippen molar-refractivity contribution >= 4 is 37.0 Å². The fraction of sp³-hybridized carbons (Fsp3) is 1.00. The summed E-state index contributed by atoms with van der Waals surface area (Å²) in [6.45, 7) is 0. The maximum atomic E-state index is 4.49. The lowest BCUT2D eigenvalue weighted by atomic mass is 9.86. The van der Waals surface area contributed by atoms with Gasteiger partial charge >= 0.3 is 0 Å². The molecule has 0 aromatic rings. The summed E-state index contributed by atoms with van der Waals surface area (Å²) in [7, 11) is 0. The van der Waals surface area contributed by atoms with Crippen molar-refractivity contribution in [1.29, 1.82) is 0 Å². The summed E-state index contributed by atoms with van der Waals surface area (Å²) in [6.07, 6.45) is 12.0. The topological polar surface area (TPSA) is 0 Å². The Morgan fingerprint density at radius 1 is 0.714 bits per heavy atom. The van der Waals surface area contributed by atoms with Crippen LogP contribution >= 0.6 is 37.0 Å². The predicted molar refractivity (Wildman–Crippen MR) is 101 cm³/mol. The molecule has 4 saturated carbocycles. The van der Waals surface area contributed by atoms with Crippen LogP contribution in [0.5, 0.6) is 0 Å². The van der Waals surface area contributed by atoms with Crippen LogP contribution in [0.15, 0.2) is 0 Å². The zero-order valence-electron chi connectivity index (χ0n) is 13.0. The Morgan fingerprint density at radius 2 is 1.52 bits per heavy atom. The van der Waals surface area contributed by atoms with E-state index in [0.29, 0.717) is 0 Å². The van der Waals surface area contributed by atoms with Gasteiger partial charge in [0, 0.05) is 10.5 Å². The molecule has 0 aromatic heterocycles. The summed E-state index contributed by atoms with van der Waals surface area (Å²) >= 11 is 11.4. The van der Waals surface area contributed by atoms with Crippen LogP contribution in [0.4, 0.5) is 0 Å². The van der Waals surface area contributed by atoms with E-state index >= 15 is 0 Å². The van der Waals surface area contributed by atoms with E-state index in [-0.39, 0.29) is 0 Å². The van der Waals surface area contributed by atoms with Gasteiger partial charge in [-0.2, -0.15) is 37.0 Å². The average Bonchev–Trinajstić information content (AvgIpc) is 3.19. The Kier molecular flexibility index (Phi) is 4.83. The molecule has 0 N–H and O–H groups in total. The number of thioether (sulfide) groups is 1. The van der Waals surface area contributed by atoms with Gasteiger partial charge in [-0.15, -0.1) is 0 Å². The Labute approximate surface area is 145 Å². The second kappa shape index (κ2) is 6.51. The third kappa shape index (κ3) is 2.93. The number of hydrogen-bond donors (Lipinski definition) is 2. The molecule has 4 fully saturated rings. The molecule has 0 radical (unpaired) electrons. The average molecular weight is 343 g/mol. The van der Waals surface area contributed by atoms with Crippen molar-refractivity contribution in [2.45, 2.75) is 61.9 Å². The molecule has 4 bridgehead atoms. The van der Waals surface area contributed by atoms with Crippen LogP contribution in [0, 0.1) is 35.5 Å². The summed E-state index contributed by atoms with van der Waals surface area (Å²) in [5.74, 6) is 8.51.